The van der Waals surface area contributed by atoms with Crippen molar-refractivity contribution in [3.63, 3.8) is 0 Å². The summed E-state index contributed by atoms with van der Waals surface area (Å²) in [5.41, 5.74) is 4.88. The van der Waals surface area contributed by atoms with E-state index in [0.717, 1.165) is 25.7 Å². The quantitative estimate of drug-likeness (QED) is 0.644. The van der Waals surface area contributed by atoms with Gasteiger partial charge in [0.05, 0.1) is 0 Å². The molecule has 3 nitrogen and oxygen atoms in total. The molecule has 1 saturated carbocycles. The molecule has 1 rings (SSSR count). The third-order valence-electron chi connectivity index (χ3n) is 3.24. The first-order valence-corrected chi connectivity index (χ1v) is 5.11. The summed E-state index contributed by atoms with van der Waals surface area (Å²) >= 11 is 0. The van der Waals surface area contributed by atoms with Gasteiger partial charge in [-0.2, -0.15) is 0 Å². The summed E-state index contributed by atoms with van der Waals surface area (Å²) in [7, 11) is 0. The maximum Gasteiger partial charge on any atom is 0.323 e. The number of carboxylic acid groups (broad SMARTS) is 1. The van der Waals surface area contributed by atoms with E-state index in [-0.39, 0.29) is 0 Å². The normalized spacial score (nSPS) is 35.4. The van der Waals surface area contributed by atoms with Crippen LogP contribution in [0.1, 0.15) is 45.4 Å². The molecule has 1 fully saturated rings. The van der Waals surface area contributed by atoms with Crippen LogP contribution in [0.4, 0.5) is 0 Å². The van der Waals surface area contributed by atoms with E-state index in [9.17, 15) is 4.79 Å². The van der Waals surface area contributed by atoms with Crippen molar-refractivity contribution in [1.29, 1.82) is 0 Å². The lowest BCUT2D eigenvalue weighted by atomic mass is 9.91. The van der Waals surface area contributed by atoms with Crippen LogP contribution >= 0.6 is 0 Å². The fourth-order valence-electron chi connectivity index (χ4n) is 2.06. The Kier molecular flexibility index (Phi) is 3.31. The highest BCUT2D eigenvalue weighted by atomic mass is 16.4. The van der Waals surface area contributed by atoms with Crippen molar-refractivity contribution in [2.45, 2.75) is 51.0 Å². The van der Waals surface area contributed by atoms with Gasteiger partial charge >= 0.3 is 5.97 Å². The number of hydrogen-bond donors (Lipinski definition) is 2. The average molecular weight is 185 g/mol. The summed E-state index contributed by atoms with van der Waals surface area (Å²) in [6.07, 6.45) is 5.50. The Balaban J connectivity index is 2.58. The Morgan fingerprint density at radius 2 is 2.23 bits per heavy atom. The van der Waals surface area contributed by atoms with Gasteiger partial charge in [0.2, 0.25) is 0 Å². The number of carbonyl (C=O) groups is 1. The minimum atomic E-state index is -0.941. The molecular weight excluding hydrogens is 166 g/mol. The van der Waals surface area contributed by atoms with E-state index in [1.165, 1.54) is 0 Å². The molecule has 0 aromatic rings. The lowest BCUT2D eigenvalue weighted by Gasteiger charge is -2.22. The standard InChI is InChI=1S/C10H19NO2/c1-2-8-4-3-6-10(11,7-5-8)9(12)13/h8H,2-7,11H2,1H3,(H,12,13). The monoisotopic (exact) mass is 185 g/mol. The summed E-state index contributed by atoms with van der Waals surface area (Å²) in [6.45, 7) is 2.16. The highest BCUT2D eigenvalue weighted by molar-refractivity contribution is 5.78. The Labute approximate surface area is 79.3 Å². The summed E-state index contributed by atoms with van der Waals surface area (Å²) in [5, 5.41) is 8.96. The Morgan fingerprint density at radius 3 is 2.77 bits per heavy atom. The smallest absolute Gasteiger partial charge is 0.323 e. The number of aliphatic carboxylic acids is 1. The van der Waals surface area contributed by atoms with Gasteiger partial charge in [-0.15, -0.1) is 0 Å². The number of rotatable bonds is 2. The van der Waals surface area contributed by atoms with E-state index in [0.29, 0.717) is 18.8 Å². The highest BCUT2D eigenvalue weighted by Gasteiger charge is 2.35. The first-order chi connectivity index (χ1) is 6.08. The average Bonchev–Trinajstić information content (AvgIpc) is 2.28. The Morgan fingerprint density at radius 1 is 1.54 bits per heavy atom. The molecule has 13 heavy (non-hydrogen) atoms. The molecule has 3 N–H and O–H groups in total. The number of nitrogens with two attached hydrogens (primary N) is 1. The van der Waals surface area contributed by atoms with Gasteiger partial charge in [-0.1, -0.05) is 26.2 Å². The third-order valence-corrected chi connectivity index (χ3v) is 3.24. The molecule has 0 spiro atoms. The molecule has 2 atom stereocenters. The highest BCUT2D eigenvalue weighted by Crippen LogP contribution is 2.30. The van der Waals surface area contributed by atoms with Crippen molar-refractivity contribution in [1.82, 2.24) is 0 Å². The van der Waals surface area contributed by atoms with Crippen molar-refractivity contribution in [2.75, 3.05) is 0 Å². The molecule has 0 aliphatic heterocycles. The molecule has 1 aliphatic rings. The molecule has 3 heteroatoms. The topological polar surface area (TPSA) is 63.3 Å². The van der Waals surface area contributed by atoms with Crippen LogP contribution in [-0.2, 0) is 4.79 Å². The molecule has 0 amide bonds. The van der Waals surface area contributed by atoms with Gasteiger partial charge in [-0.25, -0.2) is 0 Å². The van der Waals surface area contributed by atoms with Crippen molar-refractivity contribution in [3.05, 3.63) is 0 Å². The molecule has 2 unspecified atom stereocenters. The Bertz CT molecular complexity index is 193. The molecule has 0 heterocycles. The molecule has 0 radical (unpaired) electrons. The van der Waals surface area contributed by atoms with Crippen LogP contribution in [0.15, 0.2) is 0 Å². The lowest BCUT2D eigenvalue weighted by Crippen LogP contribution is -2.47. The van der Waals surface area contributed by atoms with Gasteiger partial charge in [0, 0.05) is 0 Å². The summed E-state index contributed by atoms with van der Waals surface area (Å²) in [4.78, 5) is 10.9. The van der Waals surface area contributed by atoms with E-state index < -0.39 is 11.5 Å². The van der Waals surface area contributed by atoms with Crippen LogP contribution in [0.3, 0.4) is 0 Å². The van der Waals surface area contributed by atoms with Gasteiger partial charge in [0.25, 0.3) is 0 Å². The number of carboxylic acids is 1. The predicted octanol–water partition coefficient (Wildman–Crippen LogP) is 1.76. The van der Waals surface area contributed by atoms with Crippen molar-refractivity contribution in [2.24, 2.45) is 11.7 Å². The number of hydrogen-bond acceptors (Lipinski definition) is 2. The van der Waals surface area contributed by atoms with Crippen LogP contribution < -0.4 is 5.73 Å². The van der Waals surface area contributed by atoms with Crippen LogP contribution in [0, 0.1) is 5.92 Å². The molecule has 0 saturated heterocycles. The lowest BCUT2D eigenvalue weighted by molar-refractivity contribution is -0.143. The summed E-state index contributed by atoms with van der Waals surface area (Å²) in [6, 6.07) is 0. The minimum Gasteiger partial charge on any atom is -0.480 e. The van der Waals surface area contributed by atoms with E-state index >= 15 is 0 Å². The van der Waals surface area contributed by atoms with Crippen molar-refractivity contribution >= 4 is 5.97 Å². The van der Waals surface area contributed by atoms with Crippen LogP contribution in [0.2, 0.25) is 0 Å². The van der Waals surface area contributed by atoms with Gasteiger partial charge in [-0.3, -0.25) is 4.79 Å². The molecule has 0 bridgehead atoms. The van der Waals surface area contributed by atoms with E-state index in [2.05, 4.69) is 6.92 Å². The largest absolute Gasteiger partial charge is 0.480 e. The van der Waals surface area contributed by atoms with E-state index in [1.807, 2.05) is 0 Å². The fraction of sp³-hybridized carbons (Fsp3) is 0.900. The Hall–Kier alpha value is -0.570. The summed E-state index contributed by atoms with van der Waals surface area (Å²) in [5.74, 6) is -0.144. The van der Waals surface area contributed by atoms with Crippen LogP contribution in [0.5, 0.6) is 0 Å². The molecule has 0 aromatic carbocycles. The first kappa shape index (κ1) is 10.5. The summed E-state index contributed by atoms with van der Waals surface area (Å²) < 4.78 is 0. The predicted molar refractivity (Wildman–Crippen MR) is 51.4 cm³/mol. The zero-order chi connectivity index (χ0) is 9.90. The van der Waals surface area contributed by atoms with E-state index in [1.54, 1.807) is 0 Å². The second kappa shape index (κ2) is 4.09. The molecular formula is C10H19NO2. The first-order valence-electron chi connectivity index (χ1n) is 5.11. The second-order valence-electron chi connectivity index (χ2n) is 4.17. The van der Waals surface area contributed by atoms with Gasteiger partial charge in [0.1, 0.15) is 5.54 Å². The van der Waals surface area contributed by atoms with Crippen molar-refractivity contribution in [3.8, 4) is 0 Å². The van der Waals surface area contributed by atoms with Gasteiger partial charge in [0.15, 0.2) is 0 Å². The SMILES string of the molecule is CCC1CCCC(N)(C(=O)O)CC1. The zero-order valence-corrected chi connectivity index (χ0v) is 8.25. The minimum absolute atomic E-state index is 0.638. The van der Waals surface area contributed by atoms with Crippen LogP contribution in [0.25, 0.3) is 0 Å². The fourth-order valence-corrected chi connectivity index (χ4v) is 2.06. The van der Waals surface area contributed by atoms with Crippen LogP contribution in [-0.4, -0.2) is 16.6 Å². The van der Waals surface area contributed by atoms with Gasteiger partial charge < -0.3 is 10.8 Å². The molecule has 1 aliphatic carbocycles. The molecule has 0 aromatic heterocycles. The maximum atomic E-state index is 10.9. The molecule has 76 valence electrons. The van der Waals surface area contributed by atoms with Crippen molar-refractivity contribution < 1.29 is 9.90 Å². The van der Waals surface area contributed by atoms with Gasteiger partial charge in [-0.05, 0) is 25.2 Å². The van der Waals surface area contributed by atoms with E-state index in [4.69, 9.17) is 10.8 Å². The third kappa shape index (κ3) is 2.44. The zero-order valence-electron chi connectivity index (χ0n) is 8.25. The second-order valence-corrected chi connectivity index (χ2v) is 4.17. The maximum absolute atomic E-state index is 10.9.